The van der Waals surface area contributed by atoms with Gasteiger partial charge in [-0.3, -0.25) is 4.79 Å². The lowest BCUT2D eigenvalue weighted by Crippen LogP contribution is -2.39. The zero-order valence-electron chi connectivity index (χ0n) is 20.0. The number of fused-ring (bicyclic) bond motifs is 2. The van der Waals surface area contributed by atoms with Gasteiger partial charge < -0.3 is 14.9 Å². The van der Waals surface area contributed by atoms with Crippen molar-refractivity contribution >= 4 is 5.97 Å². The second kappa shape index (κ2) is 12.6. The van der Waals surface area contributed by atoms with Gasteiger partial charge in [0.25, 0.3) is 0 Å². The third kappa shape index (κ3) is 6.54. The third-order valence-corrected chi connectivity index (χ3v) is 7.45. The van der Waals surface area contributed by atoms with Crippen molar-refractivity contribution in [1.82, 2.24) is 0 Å². The fourth-order valence-corrected chi connectivity index (χ4v) is 5.56. The maximum absolute atomic E-state index is 14.4. The number of unbranched alkanes of at least 4 members (excludes halogenated alkanes) is 3. The van der Waals surface area contributed by atoms with E-state index in [1.54, 1.807) is 6.08 Å². The van der Waals surface area contributed by atoms with Crippen LogP contribution in [-0.2, 0) is 14.9 Å². The predicted octanol–water partition coefficient (Wildman–Crippen LogP) is 6.14. The van der Waals surface area contributed by atoms with Crippen LogP contribution in [0.4, 0.5) is 8.78 Å². The highest BCUT2D eigenvalue weighted by Gasteiger charge is 2.58. The molecule has 6 atom stereocenters. The van der Waals surface area contributed by atoms with Crippen molar-refractivity contribution in [2.24, 2.45) is 11.8 Å². The molecule has 1 aromatic carbocycles. The first-order chi connectivity index (χ1) is 16.4. The maximum atomic E-state index is 14.4. The molecule has 1 saturated carbocycles. The molecule has 2 fully saturated rings. The van der Waals surface area contributed by atoms with Gasteiger partial charge in [0.2, 0.25) is 0 Å². The molecule has 4 nitrogen and oxygen atoms in total. The van der Waals surface area contributed by atoms with Gasteiger partial charge in [0.05, 0.1) is 12.7 Å². The van der Waals surface area contributed by atoms with Crippen molar-refractivity contribution in [3.05, 3.63) is 60.0 Å². The Morgan fingerprint density at radius 2 is 2.00 bits per heavy atom. The summed E-state index contributed by atoms with van der Waals surface area (Å²) in [6.07, 6.45) is 11.3. The van der Waals surface area contributed by atoms with Crippen LogP contribution in [0.3, 0.4) is 0 Å². The first kappa shape index (κ1) is 26.6. The van der Waals surface area contributed by atoms with Crippen LogP contribution in [-0.4, -0.2) is 41.2 Å². The molecule has 34 heavy (non-hydrogen) atoms. The molecule has 0 radical (unpaired) electrons. The van der Waals surface area contributed by atoms with Gasteiger partial charge in [-0.15, -0.1) is 0 Å². The van der Waals surface area contributed by atoms with Gasteiger partial charge in [-0.25, -0.2) is 8.78 Å². The van der Waals surface area contributed by atoms with E-state index in [0.29, 0.717) is 25.9 Å². The Kier molecular flexibility index (Phi) is 9.84. The summed E-state index contributed by atoms with van der Waals surface area (Å²) < 4.78 is 34.1. The van der Waals surface area contributed by atoms with E-state index < -0.39 is 18.2 Å². The van der Waals surface area contributed by atoms with E-state index in [9.17, 15) is 18.7 Å². The van der Waals surface area contributed by atoms with E-state index >= 15 is 0 Å². The SMILES string of the molecule is CCCCCC(F)[C@H](O)/C=C/[C@@H]1[C@@H]2C[C@@](c3ccc(F)cc3)(CO2)[C@H]1C/C=C\CCCC(=O)O. The van der Waals surface area contributed by atoms with E-state index in [-0.39, 0.29) is 35.6 Å². The number of benzene rings is 1. The minimum Gasteiger partial charge on any atom is -0.481 e. The summed E-state index contributed by atoms with van der Waals surface area (Å²) in [4.78, 5) is 10.7. The number of carboxylic acid groups (broad SMARTS) is 1. The van der Waals surface area contributed by atoms with E-state index in [2.05, 4.69) is 13.0 Å². The van der Waals surface area contributed by atoms with Gasteiger partial charge in [0.1, 0.15) is 18.1 Å². The molecule has 1 saturated heterocycles. The topological polar surface area (TPSA) is 66.8 Å². The maximum Gasteiger partial charge on any atom is 0.303 e. The third-order valence-electron chi connectivity index (χ3n) is 7.45. The number of aliphatic carboxylic acids is 1. The normalized spacial score (nSPS) is 28.2. The number of alkyl halides is 1. The first-order valence-corrected chi connectivity index (χ1v) is 12.6. The Labute approximate surface area is 201 Å². The molecule has 1 aromatic rings. The molecule has 2 bridgehead atoms. The van der Waals surface area contributed by atoms with Crippen LogP contribution in [0.15, 0.2) is 48.6 Å². The number of ether oxygens (including phenoxy) is 1. The summed E-state index contributed by atoms with van der Waals surface area (Å²) in [7, 11) is 0. The Morgan fingerprint density at radius 1 is 1.24 bits per heavy atom. The number of aliphatic hydroxyl groups is 1. The fraction of sp³-hybridized carbons (Fsp3) is 0.607. The lowest BCUT2D eigenvalue weighted by Gasteiger charge is -2.38. The summed E-state index contributed by atoms with van der Waals surface area (Å²) in [6.45, 7) is 2.62. The van der Waals surface area contributed by atoms with Gasteiger partial charge in [0.15, 0.2) is 0 Å². The number of aliphatic hydroxyl groups excluding tert-OH is 1. The van der Waals surface area contributed by atoms with Crippen molar-refractivity contribution < 1.29 is 28.5 Å². The zero-order chi connectivity index (χ0) is 24.6. The minimum absolute atomic E-state index is 0.0139. The van der Waals surface area contributed by atoms with Crippen LogP contribution in [0.25, 0.3) is 0 Å². The fourth-order valence-electron chi connectivity index (χ4n) is 5.56. The van der Waals surface area contributed by atoms with Gasteiger partial charge >= 0.3 is 5.97 Å². The molecule has 2 aliphatic rings. The first-order valence-electron chi connectivity index (χ1n) is 12.6. The number of hydrogen-bond acceptors (Lipinski definition) is 3. The van der Waals surface area contributed by atoms with Gasteiger partial charge in [0, 0.05) is 17.8 Å². The standard InChI is InChI=1S/C28H38F2O4/c1-2-3-6-10-24(30)25(31)17-16-22-23(9-7-4-5-8-11-27(32)33)28(18-26(22)34-19-28)20-12-14-21(29)15-13-20/h4,7,12-17,22-26,31H,2-3,5-6,8-11,18-19H2,1H3,(H,32,33)/b7-4-,17-16+/t22-,23-,24?,25+,26-,28-/m0/s1. The molecule has 0 amide bonds. The van der Waals surface area contributed by atoms with Crippen LogP contribution < -0.4 is 0 Å². The van der Waals surface area contributed by atoms with Crippen molar-refractivity contribution in [1.29, 1.82) is 0 Å². The van der Waals surface area contributed by atoms with Gasteiger partial charge in [-0.2, -0.15) is 0 Å². The number of allylic oxidation sites excluding steroid dienone is 2. The van der Waals surface area contributed by atoms with Crippen molar-refractivity contribution in [3.8, 4) is 0 Å². The Morgan fingerprint density at radius 3 is 2.71 bits per heavy atom. The summed E-state index contributed by atoms with van der Waals surface area (Å²) in [5.74, 6) is -0.896. The van der Waals surface area contributed by atoms with Crippen LogP contribution in [0, 0.1) is 17.7 Å². The molecule has 1 aliphatic carbocycles. The molecule has 3 rings (SSSR count). The largest absolute Gasteiger partial charge is 0.481 e. The highest BCUT2D eigenvalue weighted by Crippen LogP contribution is 2.57. The van der Waals surface area contributed by atoms with E-state index in [0.717, 1.165) is 37.7 Å². The summed E-state index contributed by atoms with van der Waals surface area (Å²) >= 11 is 0. The molecule has 0 aromatic heterocycles. The number of rotatable bonds is 14. The van der Waals surface area contributed by atoms with Crippen LogP contribution in [0.2, 0.25) is 0 Å². The highest BCUT2D eigenvalue weighted by molar-refractivity contribution is 5.66. The summed E-state index contributed by atoms with van der Waals surface area (Å²) in [5.41, 5.74) is 0.778. The molecular weight excluding hydrogens is 438 g/mol. The molecular formula is C28H38F2O4. The lowest BCUT2D eigenvalue weighted by atomic mass is 9.69. The van der Waals surface area contributed by atoms with Crippen molar-refractivity contribution in [2.75, 3.05) is 6.61 Å². The second-order valence-electron chi connectivity index (χ2n) is 9.78. The Balaban J connectivity index is 1.74. The number of carbonyl (C=O) groups is 1. The number of carboxylic acids is 1. The quantitative estimate of drug-likeness (QED) is 0.250. The van der Waals surface area contributed by atoms with Crippen LogP contribution >= 0.6 is 0 Å². The lowest BCUT2D eigenvalue weighted by molar-refractivity contribution is -0.137. The van der Waals surface area contributed by atoms with E-state index in [1.165, 1.54) is 12.1 Å². The monoisotopic (exact) mass is 476 g/mol. The molecule has 1 unspecified atom stereocenters. The molecule has 1 heterocycles. The Hall–Kier alpha value is -2.05. The second-order valence-corrected chi connectivity index (χ2v) is 9.78. The average Bonchev–Trinajstić information content (AvgIpc) is 3.38. The van der Waals surface area contributed by atoms with Gasteiger partial charge in [-0.05, 0) is 55.7 Å². The van der Waals surface area contributed by atoms with Crippen LogP contribution in [0.1, 0.15) is 70.3 Å². The van der Waals surface area contributed by atoms with Crippen LogP contribution in [0.5, 0.6) is 0 Å². The number of hydrogen-bond donors (Lipinski definition) is 2. The summed E-state index contributed by atoms with van der Waals surface area (Å²) in [6, 6.07) is 6.62. The summed E-state index contributed by atoms with van der Waals surface area (Å²) in [5, 5.41) is 19.2. The zero-order valence-corrected chi connectivity index (χ0v) is 20.0. The molecule has 6 heteroatoms. The van der Waals surface area contributed by atoms with Crippen molar-refractivity contribution in [3.63, 3.8) is 0 Å². The Bertz CT molecular complexity index is 837. The molecule has 1 aliphatic heterocycles. The molecule has 0 spiro atoms. The van der Waals surface area contributed by atoms with Gasteiger partial charge in [-0.1, -0.05) is 62.6 Å². The van der Waals surface area contributed by atoms with E-state index in [1.807, 2.05) is 24.3 Å². The average molecular weight is 477 g/mol. The molecule has 188 valence electrons. The van der Waals surface area contributed by atoms with Crippen molar-refractivity contribution in [2.45, 2.75) is 88.5 Å². The number of halogens is 2. The predicted molar refractivity (Wildman–Crippen MR) is 129 cm³/mol. The minimum atomic E-state index is -1.28. The molecule has 2 N–H and O–H groups in total. The highest BCUT2D eigenvalue weighted by atomic mass is 19.1. The van der Waals surface area contributed by atoms with E-state index in [4.69, 9.17) is 9.84 Å². The smallest absolute Gasteiger partial charge is 0.303 e.